The van der Waals surface area contributed by atoms with Crippen LogP contribution in [0.5, 0.6) is 0 Å². The Bertz CT molecular complexity index is 200. The molecule has 1 unspecified atom stereocenters. The van der Waals surface area contributed by atoms with Crippen molar-refractivity contribution in [2.45, 2.75) is 32.2 Å². The molecule has 0 saturated carbocycles. The van der Waals surface area contributed by atoms with Gasteiger partial charge in [-0.25, -0.2) is 0 Å². The molecular formula is C14H32N4. The molecule has 1 fully saturated rings. The zero-order valence-electron chi connectivity index (χ0n) is 12.6. The van der Waals surface area contributed by atoms with E-state index in [2.05, 4.69) is 35.7 Å². The lowest BCUT2D eigenvalue weighted by Crippen LogP contribution is -2.48. The first-order chi connectivity index (χ1) is 8.61. The van der Waals surface area contributed by atoms with Crippen molar-refractivity contribution in [3.05, 3.63) is 0 Å². The van der Waals surface area contributed by atoms with Crippen molar-refractivity contribution in [3.8, 4) is 0 Å². The van der Waals surface area contributed by atoms with Gasteiger partial charge in [-0.1, -0.05) is 6.92 Å². The summed E-state index contributed by atoms with van der Waals surface area (Å²) in [5.74, 6) is 0. The molecule has 1 atom stereocenters. The van der Waals surface area contributed by atoms with Crippen LogP contribution in [0, 0.1) is 0 Å². The van der Waals surface area contributed by atoms with E-state index in [1.165, 1.54) is 58.7 Å². The summed E-state index contributed by atoms with van der Waals surface area (Å²) >= 11 is 0. The van der Waals surface area contributed by atoms with Gasteiger partial charge in [0.2, 0.25) is 0 Å². The first-order valence-corrected chi connectivity index (χ1v) is 7.46. The van der Waals surface area contributed by atoms with E-state index in [4.69, 9.17) is 5.73 Å². The number of rotatable bonds is 8. The van der Waals surface area contributed by atoms with Gasteiger partial charge < -0.3 is 15.5 Å². The SMILES string of the molecule is CCC(N)CCCN1CCN(CCN(C)C)CC1. The maximum absolute atomic E-state index is 5.95. The van der Waals surface area contributed by atoms with E-state index >= 15 is 0 Å². The molecule has 1 rings (SSSR count). The second kappa shape index (κ2) is 8.86. The molecule has 0 amide bonds. The van der Waals surface area contributed by atoms with Crippen LogP contribution in [0.25, 0.3) is 0 Å². The summed E-state index contributed by atoms with van der Waals surface area (Å²) in [6.45, 7) is 10.7. The van der Waals surface area contributed by atoms with Crippen molar-refractivity contribution < 1.29 is 0 Å². The summed E-state index contributed by atoms with van der Waals surface area (Å²) in [5, 5.41) is 0. The van der Waals surface area contributed by atoms with Crippen LogP contribution in [-0.2, 0) is 0 Å². The molecule has 0 aromatic carbocycles. The van der Waals surface area contributed by atoms with Crippen molar-refractivity contribution in [3.63, 3.8) is 0 Å². The van der Waals surface area contributed by atoms with E-state index < -0.39 is 0 Å². The number of hydrogen-bond donors (Lipinski definition) is 1. The van der Waals surface area contributed by atoms with Gasteiger partial charge in [0.25, 0.3) is 0 Å². The Kier molecular flexibility index (Phi) is 7.82. The highest BCUT2D eigenvalue weighted by molar-refractivity contribution is 4.73. The minimum atomic E-state index is 0.409. The Morgan fingerprint density at radius 3 is 2.11 bits per heavy atom. The van der Waals surface area contributed by atoms with E-state index in [9.17, 15) is 0 Å². The summed E-state index contributed by atoms with van der Waals surface area (Å²) in [4.78, 5) is 7.43. The summed E-state index contributed by atoms with van der Waals surface area (Å²) in [5.41, 5.74) is 5.95. The number of piperazine rings is 1. The molecule has 0 aromatic heterocycles. The normalized spacial score (nSPS) is 20.5. The van der Waals surface area contributed by atoms with E-state index in [1.807, 2.05) is 0 Å². The summed E-state index contributed by atoms with van der Waals surface area (Å²) in [6.07, 6.45) is 3.54. The molecule has 4 nitrogen and oxygen atoms in total. The standard InChI is InChI=1S/C14H32N4/c1-4-14(15)6-5-7-17-10-12-18(13-11-17)9-8-16(2)3/h14H,4-13,15H2,1-3H3. The Balaban J connectivity index is 2.04. The first-order valence-electron chi connectivity index (χ1n) is 7.46. The summed E-state index contributed by atoms with van der Waals surface area (Å²) in [7, 11) is 4.29. The zero-order valence-corrected chi connectivity index (χ0v) is 12.6. The van der Waals surface area contributed by atoms with Gasteiger partial charge in [0.05, 0.1) is 0 Å². The fourth-order valence-electron chi connectivity index (χ4n) is 2.36. The predicted octanol–water partition coefficient (Wildman–Crippen LogP) is 0.683. The molecule has 1 saturated heterocycles. The van der Waals surface area contributed by atoms with Crippen molar-refractivity contribution >= 4 is 0 Å². The van der Waals surface area contributed by atoms with Gasteiger partial charge in [0.15, 0.2) is 0 Å². The molecule has 1 aliphatic rings. The van der Waals surface area contributed by atoms with Crippen LogP contribution in [0.4, 0.5) is 0 Å². The van der Waals surface area contributed by atoms with E-state index in [0.717, 1.165) is 6.42 Å². The van der Waals surface area contributed by atoms with Crippen molar-refractivity contribution in [2.24, 2.45) is 5.73 Å². The highest BCUT2D eigenvalue weighted by atomic mass is 15.3. The second-order valence-electron chi connectivity index (χ2n) is 5.80. The third kappa shape index (κ3) is 6.69. The molecule has 0 aromatic rings. The fourth-order valence-corrected chi connectivity index (χ4v) is 2.36. The Labute approximate surface area is 113 Å². The molecule has 1 aliphatic heterocycles. The smallest absolute Gasteiger partial charge is 0.0110 e. The molecule has 18 heavy (non-hydrogen) atoms. The fraction of sp³-hybridized carbons (Fsp3) is 1.00. The molecule has 4 heteroatoms. The number of nitrogens with zero attached hydrogens (tertiary/aromatic N) is 3. The Hall–Kier alpha value is -0.160. The predicted molar refractivity (Wildman–Crippen MR) is 78.9 cm³/mol. The maximum atomic E-state index is 5.95. The summed E-state index contributed by atoms with van der Waals surface area (Å²) in [6, 6.07) is 0.409. The first kappa shape index (κ1) is 15.9. The van der Waals surface area contributed by atoms with Crippen LogP contribution in [0.2, 0.25) is 0 Å². The maximum Gasteiger partial charge on any atom is 0.0110 e. The topological polar surface area (TPSA) is 35.7 Å². The number of nitrogens with two attached hydrogens (primary N) is 1. The molecule has 0 radical (unpaired) electrons. The minimum Gasteiger partial charge on any atom is -0.328 e. The largest absolute Gasteiger partial charge is 0.328 e. The van der Waals surface area contributed by atoms with Crippen molar-refractivity contribution in [2.75, 3.05) is 59.9 Å². The van der Waals surface area contributed by atoms with E-state index in [1.54, 1.807) is 0 Å². The van der Waals surface area contributed by atoms with Crippen LogP contribution < -0.4 is 5.73 Å². The van der Waals surface area contributed by atoms with Crippen LogP contribution in [0.3, 0.4) is 0 Å². The lowest BCUT2D eigenvalue weighted by atomic mass is 10.1. The third-order valence-electron chi connectivity index (χ3n) is 3.90. The van der Waals surface area contributed by atoms with Gasteiger partial charge in [0, 0.05) is 45.3 Å². The summed E-state index contributed by atoms with van der Waals surface area (Å²) < 4.78 is 0. The molecule has 2 N–H and O–H groups in total. The third-order valence-corrected chi connectivity index (χ3v) is 3.90. The van der Waals surface area contributed by atoms with Crippen LogP contribution in [-0.4, -0.2) is 80.7 Å². The molecule has 1 heterocycles. The van der Waals surface area contributed by atoms with Crippen LogP contribution in [0.15, 0.2) is 0 Å². The zero-order chi connectivity index (χ0) is 13.4. The van der Waals surface area contributed by atoms with Gasteiger partial charge >= 0.3 is 0 Å². The van der Waals surface area contributed by atoms with Gasteiger partial charge in [-0.3, -0.25) is 4.90 Å². The van der Waals surface area contributed by atoms with Gasteiger partial charge in [0.1, 0.15) is 0 Å². The van der Waals surface area contributed by atoms with Gasteiger partial charge in [-0.2, -0.15) is 0 Å². The van der Waals surface area contributed by atoms with Crippen LogP contribution >= 0.6 is 0 Å². The van der Waals surface area contributed by atoms with Crippen LogP contribution in [0.1, 0.15) is 26.2 Å². The Morgan fingerprint density at radius 1 is 1.06 bits per heavy atom. The van der Waals surface area contributed by atoms with E-state index in [0.29, 0.717) is 6.04 Å². The molecule has 0 spiro atoms. The van der Waals surface area contributed by atoms with Gasteiger partial charge in [-0.15, -0.1) is 0 Å². The highest BCUT2D eigenvalue weighted by Gasteiger charge is 2.16. The van der Waals surface area contributed by atoms with Crippen molar-refractivity contribution in [1.82, 2.24) is 14.7 Å². The lowest BCUT2D eigenvalue weighted by molar-refractivity contribution is 0.123. The highest BCUT2D eigenvalue weighted by Crippen LogP contribution is 2.05. The molecule has 0 bridgehead atoms. The average Bonchev–Trinajstić information content (AvgIpc) is 2.37. The van der Waals surface area contributed by atoms with Gasteiger partial charge in [-0.05, 0) is 39.9 Å². The lowest BCUT2D eigenvalue weighted by Gasteiger charge is -2.35. The molecule has 0 aliphatic carbocycles. The molecule has 108 valence electrons. The Morgan fingerprint density at radius 2 is 1.61 bits per heavy atom. The van der Waals surface area contributed by atoms with Crippen molar-refractivity contribution in [1.29, 1.82) is 0 Å². The monoisotopic (exact) mass is 256 g/mol. The van der Waals surface area contributed by atoms with E-state index in [-0.39, 0.29) is 0 Å². The second-order valence-corrected chi connectivity index (χ2v) is 5.80. The average molecular weight is 256 g/mol. The number of hydrogen-bond acceptors (Lipinski definition) is 4. The molecular weight excluding hydrogens is 224 g/mol. The number of likely N-dealkylation sites (N-methyl/N-ethyl adjacent to an activating group) is 1. The quantitative estimate of drug-likeness (QED) is 0.693. The minimum absolute atomic E-state index is 0.409.